The van der Waals surface area contributed by atoms with Gasteiger partial charge in [-0.15, -0.1) is 0 Å². The van der Waals surface area contributed by atoms with E-state index in [9.17, 15) is 14.3 Å². The lowest BCUT2D eigenvalue weighted by atomic mass is 10.0. The Morgan fingerprint density at radius 2 is 1.92 bits per heavy atom. The number of aromatic amines is 1. The highest BCUT2D eigenvalue weighted by atomic mass is 19.1. The smallest absolute Gasteiger partial charge is 0.260 e. The van der Waals surface area contributed by atoms with E-state index in [2.05, 4.69) is 9.97 Å². The van der Waals surface area contributed by atoms with Crippen molar-refractivity contribution >= 4 is 16.9 Å². The third-order valence-electron chi connectivity index (χ3n) is 4.41. The highest BCUT2D eigenvalue weighted by molar-refractivity contribution is 5.78. The second-order valence-electron chi connectivity index (χ2n) is 6.02. The van der Waals surface area contributed by atoms with Gasteiger partial charge in [0, 0.05) is 6.54 Å². The van der Waals surface area contributed by atoms with Crippen LogP contribution in [0.2, 0.25) is 0 Å². The van der Waals surface area contributed by atoms with E-state index in [1.807, 2.05) is 11.0 Å². The number of halogens is 1. The Morgan fingerprint density at radius 1 is 1.17 bits per heavy atom. The van der Waals surface area contributed by atoms with Crippen LogP contribution in [0.1, 0.15) is 18.0 Å². The number of anilines is 1. The summed E-state index contributed by atoms with van der Waals surface area (Å²) >= 11 is 0. The number of aromatic nitrogens is 2. The Labute approximate surface area is 137 Å². The maximum atomic E-state index is 13.2. The van der Waals surface area contributed by atoms with Crippen LogP contribution in [0.5, 0.6) is 0 Å². The van der Waals surface area contributed by atoms with E-state index in [1.54, 1.807) is 30.3 Å². The number of H-pyrrole nitrogens is 1. The molecular weight excluding hydrogens is 309 g/mol. The predicted octanol–water partition coefficient (Wildman–Crippen LogP) is 2.37. The fourth-order valence-electron chi connectivity index (χ4n) is 3.26. The maximum Gasteiger partial charge on any atom is 0.260 e. The van der Waals surface area contributed by atoms with Crippen LogP contribution >= 0.6 is 0 Å². The van der Waals surface area contributed by atoms with E-state index >= 15 is 0 Å². The molecule has 6 heteroatoms. The summed E-state index contributed by atoms with van der Waals surface area (Å²) in [7, 11) is 0. The molecule has 5 nitrogen and oxygen atoms in total. The van der Waals surface area contributed by atoms with Crippen molar-refractivity contribution in [3.05, 3.63) is 70.3 Å². The van der Waals surface area contributed by atoms with E-state index in [0.29, 0.717) is 29.8 Å². The van der Waals surface area contributed by atoms with E-state index in [-0.39, 0.29) is 17.4 Å². The fraction of sp³-hybridized carbons (Fsp3) is 0.222. The number of para-hydroxylation sites is 1. The lowest BCUT2D eigenvalue weighted by Gasteiger charge is -2.25. The number of hydrogen-bond donors (Lipinski definition) is 2. The zero-order valence-corrected chi connectivity index (χ0v) is 12.8. The van der Waals surface area contributed by atoms with Gasteiger partial charge in [0.15, 0.2) is 0 Å². The lowest BCUT2D eigenvalue weighted by Crippen LogP contribution is -2.28. The monoisotopic (exact) mass is 325 g/mol. The Kier molecular flexibility index (Phi) is 3.54. The zero-order chi connectivity index (χ0) is 16.7. The molecule has 2 aromatic carbocycles. The third kappa shape index (κ3) is 2.55. The standard InChI is InChI=1S/C18H16FN3O2/c19-12-7-5-11(6-8-12)16-9-13(23)10-22(16)18-20-15-4-2-1-3-14(15)17(24)21-18/h1-8,13,16,23H,9-10H2,(H,20,21,24). The molecule has 0 radical (unpaired) electrons. The molecule has 2 atom stereocenters. The Bertz CT molecular complexity index is 939. The minimum atomic E-state index is -0.531. The van der Waals surface area contributed by atoms with Crippen molar-refractivity contribution in [2.45, 2.75) is 18.6 Å². The summed E-state index contributed by atoms with van der Waals surface area (Å²) in [6, 6.07) is 13.2. The maximum absolute atomic E-state index is 13.2. The number of aliphatic hydroxyl groups excluding tert-OH is 1. The molecule has 1 fully saturated rings. The molecule has 0 aliphatic carbocycles. The minimum Gasteiger partial charge on any atom is -0.391 e. The van der Waals surface area contributed by atoms with Crippen LogP contribution in [-0.4, -0.2) is 27.7 Å². The first-order valence-corrected chi connectivity index (χ1v) is 7.81. The summed E-state index contributed by atoms with van der Waals surface area (Å²) in [6.45, 7) is 0.364. The van der Waals surface area contributed by atoms with Crippen LogP contribution in [0.15, 0.2) is 53.3 Å². The summed E-state index contributed by atoms with van der Waals surface area (Å²) in [5.74, 6) is 0.116. The Morgan fingerprint density at radius 3 is 2.71 bits per heavy atom. The van der Waals surface area contributed by atoms with Crippen molar-refractivity contribution in [2.75, 3.05) is 11.4 Å². The molecule has 122 valence electrons. The number of fused-ring (bicyclic) bond motifs is 1. The van der Waals surface area contributed by atoms with Gasteiger partial charge in [-0.2, -0.15) is 0 Å². The van der Waals surface area contributed by atoms with Crippen LogP contribution in [0.3, 0.4) is 0 Å². The number of benzene rings is 2. The van der Waals surface area contributed by atoms with Gasteiger partial charge in [0.1, 0.15) is 5.82 Å². The van der Waals surface area contributed by atoms with Gasteiger partial charge < -0.3 is 10.0 Å². The molecule has 2 unspecified atom stereocenters. The average Bonchev–Trinajstić information content (AvgIpc) is 2.97. The van der Waals surface area contributed by atoms with Crippen LogP contribution in [-0.2, 0) is 0 Å². The minimum absolute atomic E-state index is 0.162. The second kappa shape index (κ2) is 5.72. The molecule has 0 spiro atoms. The van der Waals surface area contributed by atoms with Crippen molar-refractivity contribution in [1.82, 2.24) is 9.97 Å². The highest BCUT2D eigenvalue weighted by Crippen LogP contribution is 2.34. The van der Waals surface area contributed by atoms with Crippen molar-refractivity contribution in [3.8, 4) is 0 Å². The molecule has 1 aliphatic heterocycles. The number of aliphatic hydroxyl groups is 1. The first kappa shape index (κ1) is 14.8. The molecule has 1 aliphatic rings. The summed E-state index contributed by atoms with van der Waals surface area (Å²) in [6.07, 6.45) is -0.0286. The van der Waals surface area contributed by atoms with Gasteiger partial charge in [-0.1, -0.05) is 24.3 Å². The second-order valence-corrected chi connectivity index (χ2v) is 6.02. The molecular formula is C18H16FN3O2. The Hall–Kier alpha value is -2.73. The molecule has 2 N–H and O–H groups in total. The van der Waals surface area contributed by atoms with Crippen molar-refractivity contribution < 1.29 is 9.50 Å². The molecule has 4 rings (SSSR count). The van der Waals surface area contributed by atoms with Crippen molar-refractivity contribution in [1.29, 1.82) is 0 Å². The predicted molar refractivity (Wildman–Crippen MR) is 89.5 cm³/mol. The molecule has 0 amide bonds. The molecule has 0 bridgehead atoms. The van der Waals surface area contributed by atoms with Crippen LogP contribution in [0.25, 0.3) is 10.9 Å². The van der Waals surface area contributed by atoms with E-state index in [0.717, 1.165) is 5.56 Å². The number of rotatable bonds is 2. The average molecular weight is 325 g/mol. The largest absolute Gasteiger partial charge is 0.391 e. The molecule has 0 saturated carbocycles. The SMILES string of the molecule is O=c1[nH]c(N2CC(O)CC2c2ccc(F)cc2)nc2ccccc12. The first-order chi connectivity index (χ1) is 11.6. The molecule has 2 heterocycles. The number of hydrogen-bond acceptors (Lipinski definition) is 4. The van der Waals surface area contributed by atoms with E-state index in [4.69, 9.17) is 0 Å². The van der Waals surface area contributed by atoms with Crippen LogP contribution < -0.4 is 10.5 Å². The van der Waals surface area contributed by atoms with Gasteiger partial charge in [-0.3, -0.25) is 9.78 Å². The molecule has 1 aromatic heterocycles. The van der Waals surface area contributed by atoms with Crippen LogP contribution in [0, 0.1) is 5.82 Å². The zero-order valence-electron chi connectivity index (χ0n) is 12.8. The molecule has 24 heavy (non-hydrogen) atoms. The first-order valence-electron chi connectivity index (χ1n) is 7.81. The van der Waals surface area contributed by atoms with Gasteiger partial charge >= 0.3 is 0 Å². The van der Waals surface area contributed by atoms with Crippen molar-refractivity contribution in [2.24, 2.45) is 0 Å². The summed E-state index contributed by atoms with van der Waals surface area (Å²) in [5, 5.41) is 10.6. The topological polar surface area (TPSA) is 69.2 Å². The van der Waals surface area contributed by atoms with Gasteiger partial charge in [0.2, 0.25) is 5.95 Å². The molecule has 3 aromatic rings. The number of nitrogens with one attached hydrogen (secondary N) is 1. The summed E-state index contributed by atoms with van der Waals surface area (Å²) in [4.78, 5) is 21.5. The van der Waals surface area contributed by atoms with Gasteiger partial charge in [0.05, 0.1) is 23.0 Å². The fourth-order valence-corrected chi connectivity index (χ4v) is 3.26. The normalized spacial score (nSPS) is 20.7. The third-order valence-corrected chi connectivity index (χ3v) is 4.41. The summed E-state index contributed by atoms with van der Waals surface area (Å²) < 4.78 is 13.2. The number of β-amino-alcohol motifs (C(OH)–C–C–N with tert-alkyl or cyclic N) is 1. The number of nitrogens with zero attached hydrogens (tertiary/aromatic N) is 2. The van der Waals surface area contributed by atoms with Crippen LogP contribution in [0.4, 0.5) is 10.3 Å². The van der Waals surface area contributed by atoms with Gasteiger partial charge in [0.25, 0.3) is 5.56 Å². The van der Waals surface area contributed by atoms with E-state index in [1.165, 1.54) is 12.1 Å². The van der Waals surface area contributed by atoms with Gasteiger partial charge in [-0.25, -0.2) is 9.37 Å². The van der Waals surface area contributed by atoms with E-state index < -0.39 is 6.10 Å². The van der Waals surface area contributed by atoms with Gasteiger partial charge in [-0.05, 0) is 36.2 Å². The highest BCUT2D eigenvalue weighted by Gasteiger charge is 2.33. The Balaban J connectivity index is 1.79. The molecule has 1 saturated heterocycles. The lowest BCUT2D eigenvalue weighted by molar-refractivity contribution is 0.194. The van der Waals surface area contributed by atoms with Crippen molar-refractivity contribution in [3.63, 3.8) is 0 Å². The summed E-state index contributed by atoms with van der Waals surface area (Å²) in [5.41, 5.74) is 1.27. The quantitative estimate of drug-likeness (QED) is 0.759.